The molecule has 31 heavy (non-hydrogen) atoms. The number of rotatable bonds is 6. The van der Waals surface area contributed by atoms with Gasteiger partial charge in [-0.1, -0.05) is 48.5 Å². The van der Waals surface area contributed by atoms with E-state index in [9.17, 15) is 0 Å². The van der Waals surface area contributed by atoms with Crippen molar-refractivity contribution in [2.45, 2.75) is 20.0 Å². The molecule has 6 heteroatoms. The number of hydrogen-bond donors (Lipinski definition) is 1. The van der Waals surface area contributed by atoms with Crippen LogP contribution in [0.15, 0.2) is 72.8 Å². The molecule has 0 unspecified atom stereocenters. The van der Waals surface area contributed by atoms with Crippen LogP contribution < -0.4 is 10.1 Å². The van der Waals surface area contributed by atoms with Gasteiger partial charge in [-0.3, -0.25) is 0 Å². The van der Waals surface area contributed by atoms with Crippen LogP contribution in [0, 0.1) is 6.92 Å². The maximum atomic E-state index is 5.59. The standard InChI is InChI=1S/C25H23N5O/c1-17-27-20-12-6-7-13-21(20)30(17)16-23-28-24-19(11-8-14-22(24)31-2)25(29-23)26-15-18-9-4-3-5-10-18/h3-14H,15-16H2,1-2H3,(H,26,28,29). The van der Waals surface area contributed by atoms with Crippen LogP contribution in [0.3, 0.4) is 0 Å². The Kier molecular flexibility index (Phi) is 4.96. The SMILES string of the molecule is COc1cccc2c(NCc3ccccc3)nc(Cn3c(C)nc4ccccc43)nc12. The number of methoxy groups -OCH3 is 1. The molecule has 0 aliphatic heterocycles. The second-order valence-electron chi connectivity index (χ2n) is 7.42. The molecule has 0 atom stereocenters. The highest BCUT2D eigenvalue weighted by molar-refractivity contribution is 5.93. The fourth-order valence-corrected chi connectivity index (χ4v) is 3.86. The number of anilines is 1. The molecule has 3 aromatic carbocycles. The van der Waals surface area contributed by atoms with Crippen molar-refractivity contribution in [3.8, 4) is 5.75 Å². The van der Waals surface area contributed by atoms with E-state index in [1.54, 1.807) is 7.11 Å². The van der Waals surface area contributed by atoms with Gasteiger partial charge < -0.3 is 14.6 Å². The zero-order valence-corrected chi connectivity index (χ0v) is 17.5. The summed E-state index contributed by atoms with van der Waals surface area (Å²) in [5.74, 6) is 3.17. The first kappa shape index (κ1) is 19.1. The second kappa shape index (κ2) is 8.07. The summed E-state index contributed by atoms with van der Waals surface area (Å²) in [6.45, 7) is 3.22. The van der Waals surface area contributed by atoms with Crippen LogP contribution in [0.2, 0.25) is 0 Å². The zero-order chi connectivity index (χ0) is 21.2. The molecule has 0 spiro atoms. The minimum absolute atomic E-state index is 0.528. The van der Waals surface area contributed by atoms with E-state index in [1.165, 1.54) is 5.56 Å². The first-order chi connectivity index (χ1) is 15.2. The van der Waals surface area contributed by atoms with Gasteiger partial charge in [0.2, 0.25) is 0 Å². The Balaban J connectivity index is 1.58. The molecule has 0 amide bonds. The Morgan fingerprint density at radius 1 is 0.871 bits per heavy atom. The summed E-state index contributed by atoms with van der Waals surface area (Å²) in [6, 6.07) is 24.3. The predicted octanol–water partition coefficient (Wildman–Crippen LogP) is 4.96. The van der Waals surface area contributed by atoms with Crippen LogP contribution in [0.25, 0.3) is 21.9 Å². The van der Waals surface area contributed by atoms with Crippen LogP contribution >= 0.6 is 0 Å². The van der Waals surface area contributed by atoms with Crippen molar-refractivity contribution in [1.29, 1.82) is 0 Å². The third kappa shape index (κ3) is 3.68. The minimum Gasteiger partial charge on any atom is -0.494 e. The molecule has 2 aromatic heterocycles. The number of aromatic nitrogens is 4. The number of ether oxygens (including phenoxy) is 1. The normalized spacial score (nSPS) is 11.2. The van der Waals surface area contributed by atoms with E-state index in [-0.39, 0.29) is 0 Å². The molecule has 1 N–H and O–H groups in total. The van der Waals surface area contributed by atoms with E-state index in [0.717, 1.165) is 39.3 Å². The number of nitrogens with one attached hydrogen (secondary N) is 1. The van der Waals surface area contributed by atoms with Gasteiger partial charge in [-0.2, -0.15) is 0 Å². The van der Waals surface area contributed by atoms with Crippen LogP contribution in [0.5, 0.6) is 5.75 Å². The maximum absolute atomic E-state index is 5.59. The molecule has 0 aliphatic rings. The number of para-hydroxylation sites is 3. The molecule has 0 fully saturated rings. The molecule has 0 radical (unpaired) electrons. The van der Waals surface area contributed by atoms with Crippen LogP contribution in [-0.2, 0) is 13.1 Å². The van der Waals surface area contributed by atoms with Crippen LogP contribution in [-0.4, -0.2) is 26.6 Å². The highest BCUT2D eigenvalue weighted by Crippen LogP contribution is 2.29. The van der Waals surface area contributed by atoms with Crippen LogP contribution in [0.4, 0.5) is 5.82 Å². The minimum atomic E-state index is 0.528. The summed E-state index contributed by atoms with van der Waals surface area (Å²) < 4.78 is 7.74. The van der Waals surface area contributed by atoms with Crippen molar-refractivity contribution in [3.63, 3.8) is 0 Å². The average Bonchev–Trinajstić information content (AvgIpc) is 3.12. The average molecular weight is 409 g/mol. The smallest absolute Gasteiger partial charge is 0.151 e. The third-order valence-electron chi connectivity index (χ3n) is 5.40. The van der Waals surface area contributed by atoms with Gasteiger partial charge in [-0.25, -0.2) is 15.0 Å². The third-order valence-corrected chi connectivity index (χ3v) is 5.40. The monoisotopic (exact) mass is 409 g/mol. The van der Waals surface area contributed by atoms with E-state index < -0.39 is 0 Å². The number of nitrogens with zero attached hydrogens (tertiary/aromatic N) is 4. The number of benzene rings is 3. The van der Waals surface area contributed by atoms with E-state index >= 15 is 0 Å². The second-order valence-corrected chi connectivity index (χ2v) is 7.42. The fraction of sp³-hybridized carbons (Fsp3) is 0.160. The molecule has 0 saturated carbocycles. The highest BCUT2D eigenvalue weighted by Gasteiger charge is 2.14. The Bertz CT molecular complexity index is 1360. The van der Waals surface area contributed by atoms with Crippen molar-refractivity contribution in [2.24, 2.45) is 0 Å². The van der Waals surface area contributed by atoms with E-state index in [2.05, 4.69) is 33.1 Å². The lowest BCUT2D eigenvalue weighted by atomic mass is 10.2. The first-order valence-electron chi connectivity index (χ1n) is 10.3. The lowest BCUT2D eigenvalue weighted by Gasteiger charge is -2.14. The quantitative estimate of drug-likeness (QED) is 0.430. The predicted molar refractivity (Wildman–Crippen MR) is 123 cm³/mol. The summed E-state index contributed by atoms with van der Waals surface area (Å²) in [5, 5.41) is 4.43. The van der Waals surface area contributed by atoms with Gasteiger partial charge >= 0.3 is 0 Å². The largest absolute Gasteiger partial charge is 0.494 e. The van der Waals surface area contributed by atoms with Crippen molar-refractivity contribution in [3.05, 3.63) is 90.0 Å². The van der Waals surface area contributed by atoms with E-state index in [1.807, 2.05) is 61.5 Å². The van der Waals surface area contributed by atoms with Crippen LogP contribution in [0.1, 0.15) is 17.2 Å². The molecular weight excluding hydrogens is 386 g/mol. The highest BCUT2D eigenvalue weighted by atomic mass is 16.5. The van der Waals surface area contributed by atoms with E-state index in [4.69, 9.17) is 14.7 Å². The molecule has 6 nitrogen and oxygen atoms in total. The molecule has 154 valence electrons. The summed E-state index contributed by atoms with van der Waals surface area (Å²) >= 11 is 0. The van der Waals surface area contributed by atoms with Crippen molar-refractivity contribution in [2.75, 3.05) is 12.4 Å². The van der Waals surface area contributed by atoms with Gasteiger partial charge in [0.05, 0.1) is 24.7 Å². The van der Waals surface area contributed by atoms with Crippen molar-refractivity contribution in [1.82, 2.24) is 19.5 Å². The van der Waals surface area contributed by atoms with Gasteiger partial charge in [0.15, 0.2) is 5.82 Å². The number of hydrogen-bond acceptors (Lipinski definition) is 5. The fourth-order valence-electron chi connectivity index (χ4n) is 3.86. The molecule has 0 bridgehead atoms. The molecule has 0 saturated heterocycles. The topological polar surface area (TPSA) is 64.9 Å². The summed E-state index contributed by atoms with van der Waals surface area (Å²) in [6.07, 6.45) is 0. The Morgan fingerprint density at radius 3 is 2.52 bits per heavy atom. The molecule has 5 aromatic rings. The first-order valence-corrected chi connectivity index (χ1v) is 10.3. The molecule has 5 rings (SSSR count). The van der Waals surface area contributed by atoms with Crippen molar-refractivity contribution >= 4 is 27.8 Å². The molecular formula is C25H23N5O. The molecule has 0 aliphatic carbocycles. The van der Waals surface area contributed by atoms with Crippen molar-refractivity contribution < 1.29 is 4.74 Å². The van der Waals surface area contributed by atoms with Gasteiger partial charge in [-0.15, -0.1) is 0 Å². The van der Waals surface area contributed by atoms with Gasteiger partial charge in [0.1, 0.15) is 22.9 Å². The lowest BCUT2D eigenvalue weighted by Crippen LogP contribution is -2.10. The van der Waals surface area contributed by atoms with Gasteiger partial charge in [0, 0.05) is 11.9 Å². The summed E-state index contributed by atoms with van der Waals surface area (Å²) in [7, 11) is 1.67. The maximum Gasteiger partial charge on any atom is 0.151 e. The van der Waals surface area contributed by atoms with Gasteiger partial charge in [-0.05, 0) is 36.8 Å². The Labute approximate surface area is 180 Å². The zero-order valence-electron chi connectivity index (χ0n) is 17.5. The lowest BCUT2D eigenvalue weighted by molar-refractivity contribution is 0.418. The molecule has 2 heterocycles. The van der Waals surface area contributed by atoms with E-state index in [0.29, 0.717) is 18.9 Å². The Morgan fingerprint density at radius 2 is 1.68 bits per heavy atom. The summed E-state index contributed by atoms with van der Waals surface area (Å²) in [5.41, 5.74) is 4.03. The Hall–Kier alpha value is -3.93. The van der Waals surface area contributed by atoms with Gasteiger partial charge in [0.25, 0.3) is 0 Å². The summed E-state index contributed by atoms with van der Waals surface area (Å²) in [4.78, 5) is 14.4. The number of fused-ring (bicyclic) bond motifs is 2. The number of aryl methyl sites for hydroxylation is 1. The number of imidazole rings is 1.